The summed E-state index contributed by atoms with van der Waals surface area (Å²) in [5, 5.41) is 8.60. The average Bonchev–Trinajstić information content (AvgIpc) is 2.80. The summed E-state index contributed by atoms with van der Waals surface area (Å²) >= 11 is 0. The van der Waals surface area contributed by atoms with Gasteiger partial charge in [-0.05, 0) is 31.4 Å². The number of aryl methyl sites for hydroxylation is 1. The second-order valence-electron chi connectivity index (χ2n) is 4.76. The molecule has 0 bridgehead atoms. The highest BCUT2D eigenvalue weighted by Crippen LogP contribution is 2.37. The van der Waals surface area contributed by atoms with E-state index in [1.165, 1.54) is 0 Å². The van der Waals surface area contributed by atoms with Gasteiger partial charge in [-0.2, -0.15) is 0 Å². The van der Waals surface area contributed by atoms with Crippen LogP contribution in [-0.4, -0.2) is 31.5 Å². The molecule has 0 amide bonds. The molecule has 5 nitrogen and oxygen atoms in total. The van der Waals surface area contributed by atoms with Gasteiger partial charge in [-0.3, -0.25) is 4.79 Å². The Bertz CT molecular complexity index is 473. The summed E-state index contributed by atoms with van der Waals surface area (Å²) in [6.45, 7) is 3.14. The molecular weight excluding hydrogens is 246 g/mol. The first-order valence-corrected chi connectivity index (χ1v) is 6.41. The highest BCUT2D eigenvalue weighted by molar-refractivity contribution is 5.66. The molecule has 0 aliphatic carbocycles. The van der Waals surface area contributed by atoms with Crippen molar-refractivity contribution in [3.63, 3.8) is 0 Å². The number of hydrogen-bond acceptors (Lipinski definition) is 4. The zero-order chi connectivity index (χ0) is 13.8. The molecule has 0 unspecified atom stereocenters. The van der Waals surface area contributed by atoms with E-state index in [2.05, 4.69) is 4.90 Å². The minimum atomic E-state index is -0.734. The molecule has 104 valence electrons. The van der Waals surface area contributed by atoms with Gasteiger partial charge < -0.3 is 19.5 Å². The quantitative estimate of drug-likeness (QED) is 0.800. The number of nitrogens with zero attached hydrogens (tertiary/aromatic N) is 1. The number of aliphatic carboxylic acids is 1. The number of unbranched alkanes of at least 4 members (excludes halogenated alkanes) is 1. The molecule has 1 aromatic carbocycles. The Morgan fingerprint density at radius 3 is 2.68 bits per heavy atom. The number of carbonyl (C=O) groups is 1. The van der Waals surface area contributed by atoms with Crippen molar-refractivity contribution < 1.29 is 19.4 Å². The Kier molecular flexibility index (Phi) is 4.14. The number of carboxylic acids is 1. The van der Waals surface area contributed by atoms with Crippen molar-refractivity contribution in [1.82, 2.24) is 0 Å². The third-order valence-electron chi connectivity index (χ3n) is 3.24. The number of carboxylic acid groups (broad SMARTS) is 1. The molecule has 0 spiro atoms. The van der Waals surface area contributed by atoms with Gasteiger partial charge >= 0.3 is 5.97 Å². The van der Waals surface area contributed by atoms with Crippen molar-refractivity contribution in [2.75, 3.05) is 25.3 Å². The van der Waals surface area contributed by atoms with Crippen LogP contribution >= 0.6 is 0 Å². The number of fused-ring (bicyclic) bond motifs is 1. The summed E-state index contributed by atoms with van der Waals surface area (Å²) in [6, 6.07) is 3.96. The van der Waals surface area contributed by atoms with Crippen LogP contribution in [0, 0.1) is 6.92 Å². The zero-order valence-corrected chi connectivity index (χ0v) is 11.3. The predicted molar refractivity (Wildman–Crippen MR) is 72.1 cm³/mol. The van der Waals surface area contributed by atoms with Crippen LogP contribution in [0.1, 0.15) is 24.8 Å². The van der Waals surface area contributed by atoms with Gasteiger partial charge in [0.2, 0.25) is 6.79 Å². The molecule has 0 atom stereocenters. The topological polar surface area (TPSA) is 59.0 Å². The average molecular weight is 265 g/mol. The lowest BCUT2D eigenvalue weighted by Gasteiger charge is -2.21. The largest absolute Gasteiger partial charge is 0.481 e. The monoisotopic (exact) mass is 265 g/mol. The minimum Gasteiger partial charge on any atom is -0.481 e. The SMILES string of the molecule is Cc1cc2c(cc1N(C)CCCCC(=O)O)OCO2. The summed E-state index contributed by atoms with van der Waals surface area (Å²) in [5.74, 6) is 0.834. The van der Waals surface area contributed by atoms with E-state index >= 15 is 0 Å². The first-order chi connectivity index (χ1) is 9.08. The van der Waals surface area contributed by atoms with E-state index in [0.717, 1.165) is 35.7 Å². The van der Waals surface area contributed by atoms with Crippen LogP contribution in [0.3, 0.4) is 0 Å². The molecule has 0 radical (unpaired) electrons. The smallest absolute Gasteiger partial charge is 0.303 e. The minimum absolute atomic E-state index is 0.230. The van der Waals surface area contributed by atoms with Crippen molar-refractivity contribution in [1.29, 1.82) is 0 Å². The van der Waals surface area contributed by atoms with E-state index < -0.39 is 5.97 Å². The lowest BCUT2D eigenvalue weighted by atomic mass is 10.1. The summed E-state index contributed by atoms with van der Waals surface area (Å²) in [5.41, 5.74) is 2.23. The Morgan fingerprint density at radius 2 is 2.00 bits per heavy atom. The van der Waals surface area contributed by atoms with E-state index in [0.29, 0.717) is 6.42 Å². The molecule has 0 saturated heterocycles. The fourth-order valence-corrected chi connectivity index (χ4v) is 2.19. The molecule has 0 fully saturated rings. The second-order valence-corrected chi connectivity index (χ2v) is 4.76. The highest BCUT2D eigenvalue weighted by atomic mass is 16.7. The van der Waals surface area contributed by atoms with E-state index in [-0.39, 0.29) is 13.2 Å². The van der Waals surface area contributed by atoms with Gasteiger partial charge in [0, 0.05) is 31.8 Å². The van der Waals surface area contributed by atoms with Crippen molar-refractivity contribution >= 4 is 11.7 Å². The lowest BCUT2D eigenvalue weighted by molar-refractivity contribution is -0.137. The van der Waals surface area contributed by atoms with Gasteiger partial charge in [-0.15, -0.1) is 0 Å². The van der Waals surface area contributed by atoms with Gasteiger partial charge in [0.15, 0.2) is 11.5 Å². The van der Waals surface area contributed by atoms with Crippen LogP contribution < -0.4 is 14.4 Å². The molecule has 1 aliphatic rings. The van der Waals surface area contributed by atoms with Gasteiger partial charge in [0.1, 0.15) is 0 Å². The molecule has 1 heterocycles. The van der Waals surface area contributed by atoms with Gasteiger partial charge in [0.05, 0.1) is 0 Å². The molecule has 1 N–H and O–H groups in total. The molecule has 1 aromatic rings. The van der Waals surface area contributed by atoms with Crippen molar-refractivity contribution in [2.24, 2.45) is 0 Å². The molecular formula is C14H19NO4. The second kappa shape index (κ2) is 5.82. The summed E-state index contributed by atoms with van der Waals surface area (Å²) in [6.07, 6.45) is 1.79. The van der Waals surface area contributed by atoms with E-state index in [4.69, 9.17) is 14.6 Å². The summed E-state index contributed by atoms with van der Waals surface area (Å²) in [4.78, 5) is 12.6. The van der Waals surface area contributed by atoms with Crippen LogP contribution in [0.25, 0.3) is 0 Å². The van der Waals surface area contributed by atoms with Crippen LogP contribution in [0.5, 0.6) is 11.5 Å². The fourth-order valence-electron chi connectivity index (χ4n) is 2.19. The molecule has 1 aliphatic heterocycles. The van der Waals surface area contributed by atoms with Crippen LogP contribution in [0.15, 0.2) is 12.1 Å². The van der Waals surface area contributed by atoms with Crippen LogP contribution in [0.2, 0.25) is 0 Å². The highest BCUT2D eigenvalue weighted by Gasteiger charge is 2.17. The number of hydrogen-bond donors (Lipinski definition) is 1. The van der Waals surface area contributed by atoms with Crippen LogP contribution in [0.4, 0.5) is 5.69 Å². The maximum absolute atomic E-state index is 10.5. The predicted octanol–water partition coefficient (Wildman–Crippen LogP) is 2.41. The molecule has 0 saturated carbocycles. The maximum atomic E-state index is 10.5. The normalized spacial score (nSPS) is 12.5. The number of anilines is 1. The third-order valence-corrected chi connectivity index (χ3v) is 3.24. The van der Waals surface area contributed by atoms with Crippen molar-refractivity contribution in [3.05, 3.63) is 17.7 Å². The first kappa shape index (κ1) is 13.5. The molecule has 19 heavy (non-hydrogen) atoms. The molecule has 2 rings (SSSR count). The first-order valence-electron chi connectivity index (χ1n) is 6.41. The van der Waals surface area contributed by atoms with Crippen molar-refractivity contribution in [3.8, 4) is 11.5 Å². The van der Waals surface area contributed by atoms with Crippen LogP contribution in [-0.2, 0) is 4.79 Å². The van der Waals surface area contributed by atoms with Gasteiger partial charge in [0.25, 0.3) is 0 Å². The maximum Gasteiger partial charge on any atom is 0.303 e. The summed E-state index contributed by atoms with van der Waals surface area (Å²) in [7, 11) is 2.01. The van der Waals surface area contributed by atoms with Gasteiger partial charge in [-0.25, -0.2) is 0 Å². The lowest BCUT2D eigenvalue weighted by Crippen LogP contribution is -2.19. The third kappa shape index (κ3) is 3.30. The Balaban J connectivity index is 1.95. The molecule has 5 heteroatoms. The Hall–Kier alpha value is -1.91. The van der Waals surface area contributed by atoms with Gasteiger partial charge in [-0.1, -0.05) is 0 Å². The van der Waals surface area contributed by atoms with E-state index in [9.17, 15) is 4.79 Å². The zero-order valence-electron chi connectivity index (χ0n) is 11.3. The van der Waals surface area contributed by atoms with Crippen molar-refractivity contribution in [2.45, 2.75) is 26.2 Å². The molecule has 0 aromatic heterocycles. The number of ether oxygens (including phenoxy) is 2. The Morgan fingerprint density at radius 1 is 1.32 bits per heavy atom. The number of benzene rings is 1. The van der Waals surface area contributed by atoms with E-state index in [1.807, 2.05) is 26.1 Å². The summed E-state index contributed by atoms with van der Waals surface area (Å²) < 4.78 is 10.7. The van der Waals surface area contributed by atoms with E-state index in [1.54, 1.807) is 0 Å². The Labute approximate surface area is 112 Å². The standard InChI is InChI=1S/C14H19NO4/c1-10-7-12-13(19-9-18-12)8-11(10)15(2)6-4-3-5-14(16)17/h7-8H,3-6,9H2,1-2H3,(H,16,17). The number of rotatable bonds is 6. The fraction of sp³-hybridized carbons (Fsp3) is 0.500.